The molecule has 0 saturated carbocycles. The van der Waals surface area contributed by atoms with Gasteiger partial charge in [0.05, 0.1) is 10.6 Å². The normalized spacial score (nSPS) is 11.7. The van der Waals surface area contributed by atoms with Crippen molar-refractivity contribution < 1.29 is 8.42 Å². The molecular formula is C11H15ClO2S. The van der Waals surface area contributed by atoms with Gasteiger partial charge in [-0.05, 0) is 31.9 Å². The molecule has 15 heavy (non-hydrogen) atoms. The van der Waals surface area contributed by atoms with Crippen LogP contribution in [0.5, 0.6) is 0 Å². The summed E-state index contributed by atoms with van der Waals surface area (Å²) in [5.41, 5.74) is 2.69. The average Bonchev–Trinajstić information content (AvgIpc) is 1.99. The van der Waals surface area contributed by atoms with Crippen LogP contribution in [-0.4, -0.2) is 20.1 Å². The van der Waals surface area contributed by atoms with Crippen molar-refractivity contribution >= 4 is 21.4 Å². The molecule has 84 valence electrons. The van der Waals surface area contributed by atoms with Gasteiger partial charge < -0.3 is 0 Å². The van der Waals surface area contributed by atoms with Crippen LogP contribution in [0.1, 0.15) is 16.7 Å². The van der Waals surface area contributed by atoms with Crippen LogP contribution in [0.4, 0.5) is 0 Å². The molecule has 0 aliphatic rings. The first kappa shape index (κ1) is 12.5. The van der Waals surface area contributed by atoms with Crippen LogP contribution in [-0.2, 0) is 9.84 Å². The fourth-order valence-corrected chi connectivity index (χ4v) is 3.98. The highest BCUT2D eigenvalue weighted by Crippen LogP contribution is 2.22. The highest BCUT2D eigenvalue weighted by Gasteiger charge is 2.18. The predicted octanol–water partition coefficient (Wildman–Crippen LogP) is 2.62. The minimum absolute atomic E-state index is 0.000698. The van der Waals surface area contributed by atoms with E-state index in [-0.39, 0.29) is 11.6 Å². The van der Waals surface area contributed by atoms with Crippen LogP contribution >= 0.6 is 11.6 Å². The number of sulfone groups is 1. The largest absolute Gasteiger partial charge is 0.224 e. The first-order valence-electron chi connectivity index (χ1n) is 4.75. The monoisotopic (exact) mass is 246 g/mol. The van der Waals surface area contributed by atoms with Gasteiger partial charge in [-0.1, -0.05) is 17.7 Å². The molecule has 0 aromatic heterocycles. The van der Waals surface area contributed by atoms with E-state index >= 15 is 0 Å². The molecule has 0 atom stereocenters. The van der Waals surface area contributed by atoms with E-state index < -0.39 is 9.84 Å². The SMILES string of the molecule is Cc1cc(C)c(S(=O)(=O)CCCl)c(C)c1. The Hall–Kier alpha value is -0.540. The molecule has 0 spiro atoms. The molecule has 0 saturated heterocycles. The van der Waals surface area contributed by atoms with Gasteiger partial charge in [-0.3, -0.25) is 0 Å². The molecule has 1 aromatic carbocycles. The van der Waals surface area contributed by atoms with E-state index in [9.17, 15) is 8.42 Å². The molecule has 0 unspecified atom stereocenters. The van der Waals surface area contributed by atoms with Crippen molar-refractivity contribution in [3.63, 3.8) is 0 Å². The summed E-state index contributed by atoms with van der Waals surface area (Å²) in [7, 11) is -3.22. The van der Waals surface area contributed by atoms with Gasteiger partial charge in [0, 0.05) is 5.88 Å². The molecule has 0 bridgehead atoms. The number of halogens is 1. The third-order valence-electron chi connectivity index (χ3n) is 2.26. The van der Waals surface area contributed by atoms with Gasteiger partial charge in [-0.2, -0.15) is 0 Å². The summed E-state index contributed by atoms with van der Waals surface area (Å²) >= 11 is 5.49. The Morgan fingerprint density at radius 2 is 1.60 bits per heavy atom. The van der Waals surface area contributed by atoms with Crippen LogP contribution < -0.4 is 0 Å². The summed E-state index contributed by atoms with van der Waals surface area (Å²) in [5, 5.41) is 0. The maximum atomic E-state index is 11.9. The van der Waals surface area contributed by atoms with Gasteiger partial charge in [-0.25, -0.2) is 8.42 Å². The van der Waals surface area contributed by atoms with Crippen LogP contribution in [0.2, 0.25) is 0 Å². The zero-order valence-corrected chi connectivity index (χ0v) is 10.7. The summed E-state index contributed by atoms with van der Waals surface area (Å²) in [4.78, 5) is 0.439. The smallest absolute Gasteiger partial charge is 0.180 e. The molecule has 0 heterocycles. The molecule has 1 aromatic rings. The maximum absolute atomic E-state index is 11.9. The quantitative estimate of drug-likeness (QED) is 0.769. The summed E-state index contributed by atoms with van der Waals surface area (Å²) in [5.74, 6) is 0.133. The molecule has 0 fully saturated rings. The third kappa shape index (κ3) is 2.73. The van der Waals surface area contributed by atoms with Crippen molar-refractivity contribution in [2.24, 2.45) is 0 Å². The fourth-order valence-electron chi connectivity index (χ4n) is 1.86. The Balaban J connectivity index is 3.38. The highest BCUT2D eigenvalue weighted by atomic mass is 35.5. The first-order valence-corrected chi connectivity index (χ1v) is 6.93. The molecule has 1 rings (SSSR count). The van der Waals surface area contributed by atoms with Crippen molar-refractivity contribution in [1.82, 2.24) is 0 Å². The molecule has 0 radical (unpaired) electrons. The van der Waals surface area contributed by atoms with Crippen molar-refractivity contribution in [1.29, 1.82) is 0 Å². The lowest BCUT2D eigenvalue weighted by molar-refractivity contribution is 0.596. The second-order valence-corrected chi connectivity index (χ2v) is 6.16. The lowest BCUT2D eigenvalue weighted by atomic mass is 10.1. The minimum Gasteiger partial charge on any atom is -0.224 e. The summed E-state index contributed by atoms with van der Waals surface area (Å²) < 4.78 is 23.8. The lowest BCUT2D eigenvalue weighted by Crippen LogP contribution is -2.11. The van der Waals surface area contributed by atoms with E-state index in [0.717, 1.165) is 16.7 Å². The topological polar surface area (TPSA) is 34.1 Å². The van der Waals surface area contributed by atoms with Crippen molar-refractivity contribution in [3.8, 4) is 0 Å². The fraction of sp³-hybridized carbons (Fsp3) is 0.455. The molecular weight excluding hydrogens is 232 g/mol. The van der Waals surface area contributed by atoms with Gasteiger partial charge in [0.1, 0.15) is 0 Å². The van der Waals surface area contributed by atoms with E-state index in [1.54, 1.807) is 0 Å². The average molecular weight is 247 g/mol. The summed E-state index contributed by atoms with van der Waals surface area (Å²) in [6.07, 6.45) is 0. The predicted molar refractivity (Wildman–Crippen MR) is 63.4 cm³/mol. The maximum Gasteiger partial charge on any atom is 0.180 e. The zero-order chi connectivity index (χ0) is 11.6. The van der Waals surface area contributed by atoms with Gasteiger partial charge >= 0.3 is 0 Å². The Morgan fingerprint density at radius 3 is 2.00 bits per heavy atom. The van der Waals surface area contributed by atoms with E-state index in [2.05, 4.69) is 0 Å². The number of alkyl halides is 1. The number of benzene rings is 1. The second-order valence-electron chi connectivity index (χ2n) is 3.74. The summed E-state index contributed by atoms with van der Waals surface area (Å²) in [6.45, 7) is 5.60. The van der Waals surface area contributed by atoms with E-state index in [4.69, 9.17) is 11.6 Å². The molecule has 0 aliphatic carbocycles. The van der Waals surface area contributed by atoms with Crippen LogP contribution in [0, 0.1) is 20.8 Å². The van der Waals surface area contributed by atoms with Gasteiger partial charge in [0.15, 0.2) is 9.84 Å². The standard InChI is InChI=1S/C11H15ClO2S/c1-8-6-9(2)11(10(3)7-8)15(13,14)5-4-12/h6-7H,4-5H2,1-3H3. The van der Waals surface area contributed by atoms with Crippen LogP contribution in [0.3, 0.4) is 0 Å². The van der Waals surface area contributed by atoms with Gasteiger partial charge in [0.25, 0.3) is 0 Å². The van der Waals surface area contributed by atoms with Gasteiger partial charge in [-0.15, -0.1) is 11.6 Å². The number of hydrogen-bond donors (Lipinski definition) is 0. The first-order chi connectivity index (χ1) is 6.88. The molecule has 4 heteroatoms. The lowest BCUT2D eigenvalue weighted by Gasteiger charge is -2.11. The van der Waals surface area contributed by atoms with E-state index in [0.29, 0.717) is 4.90 Å². The number of aryl methyl sites for hydroxylation is 3. The minimum atomic E-state index is -3.22. The van der Waals surface area contributed by atoms with Crippen molar-refractivity contribution in [2.75, 3.05) is 11.6 Å². The molecule has 2 nitrogen and oxygen atoms in total. The van der Waals surface area contributed by atoms with Crippen molar-refractivity contribution in [3.05, 3.63) is 28.8 Å². The Labute approximate surface area is 96.2 Å². The Kier molecular flexibility index (Phi) is 3.79. The van der Waals surface area contributed by atoms with Gasteiger partial charge in [0.2, 0.25) is 0 Å². The van der Waals surface area contributed by atoms with E-state index in [1.807, 2.05) is 32.9 Å². The number of rotatable bonds is 3. The Bertz CT molecular complexity index is 440. The second kappa shape index (κ2) is 4.54. The molecule has 0 amide bonds. The highest BCUT2D eigenvalue weighted by molar-refractivity contribution is 7.91. The van der Waals surface area contributed by atoms with Crippen LogP contribution in [0.15, 0.2) is 17.0 Å². The van der Waals surface area contributed by atoms with E-state index in [1.165, 1.54) is 0 Å². The van der Waals surface area contributed by atoms with Crippen molar-refractivity contribution in [2.45, 2.75) is 25.7 Å². The number of hydrogen-bond acceptors (Lipinski definition) is 2. The summed E-state index contributed by atoms with van der Waals surface area (Å²) in [6, 6.07) is 3.77. The zero-order valence-electron chi connectivity index (χ0n) is 9.17. The van der Waals surface area contributed by atoms with Crippen LogP contribution in [0.25, 0.3) is 0 Å². The molecule has 0 N–H and O–H groups in total. The Morgan fingerprint density at radius 1 is 1.13 bits per heavy atom. The third-order valence-corrected chi connectivity index (χ3v) is 4.68. The molecule has 0 aliphatic heterocycles.